The number of ether oxygens (including phenoxy) is 3. The molecule has 1 N–H and O–H groups in total. The Morgan fingerprint density at radius 2 is 1.69 bits per heavy atom. The second-order valence-electron chi connectivity index (χ2n) is 9.80. The smallest absolute Gasteiger partial charge is 0.262 e. The van der Waals surface area contributed by atoms with Gasteiger partial charge in [-0.25, -0.2) is 0 Å². The van der Waals surface area contributed by atoms with Crippen LogP contribution in [0.1, 0.15) is 37.0 Å². The van der Waals surface area contributed by atoms with E-state index in [1.165, 1.54) is 0 Å². The van der Waals surface area contributed by atoms with Crippen LogP contribution in [0.2, 0.25) is 0 Å². The number of nitrogens with one attached hydrogen (secondary N) is 1. The number of carbonyl (C=O) groups excluding carboxylic acids is 2. The van der Waals surface area contributed by atoms with Crippen molar-refractivity contribution in [3.8, 4) is 11.5 Å². The molecule has 0 bridgehead atoms. The largest absolute Gasteiger partial charge is 0.497 e. The predicted molar refractivity (Wildman–Crippen MR) is 139 cm³/mol. The van der Waals surface area contributed by atoms with Crippen molar-refractivity contribution >= 4 is 17.5 Å². The summed E-state index contributed by atoms with van der Waals surface area (Å²) in [4.78, 5) is 29.7. The maximum absolute atomic E-state index is 13.0. The van der Waals surface area contributed by atoms with Gasteiger partial charge in [-0.15, -0.1) is 0 Å². The highest BCUT2D eigenvalue weighted by Gasteiger charge is 2.28. The zero-order valence-electron chi connectivity index (χ0n) is 21.4. The van der Waals surface area contributed by atoms with E-state index in [0.29, 0.717) is 28.7 Å². The lowest BCUT2D eigenvalue weighted by atomic mass is 9.95. The van der Waals surface area contributed by atoms with E-state index < -0.39 is 0 Å². The number of amides is 2. The fraction of sp³-hybridized carbons (Fsp3) is 0.500. The standard InChI is InChI=1S/C28H37N3O5/c1-20-16-30(17-21(2)36-20)18-22-11-13-31(14-12-22)28(33)23-7-9-25(10-8-23)35-19-27(32)29-24-5-4-6-26(15-24)34-3/h4-10,15,20-22H,11-14,16-19H2,1-3H3,(H,29,32). The lowest BCUT2D eigenvalue weighted by Crippen LogP contribution is -2.48. The number of anilines is 1. The van der Waals surface area contributed by atoms with Crippen molar-refractivity contribution < 1.29 is 23.8 Å². The van der Waals surface area contributed by atoms with Crippen LogP contribution in [0.25, 0.3) is 0 Å². The highest BCUT2D eigenvalue weighted by Crippen LogP contribution is 2.23. The summed E-state index contributed by atoms with van der Waals surface area (Å²) < 4.78 is 16.6. The zero-order chi connectivity index (χ0) is 25.5. The minimum Gasteiger partial charge on any atom is -0.497 e. The molecule has 2 aromatic rings. The Kier molecular flexibility index (Phi) is 8.83. The first-order valence-corrected chi connectivity index (χ1v) is 12.7. The van der Waals surface area contributed by atoms with Crippen LogP contribution in [0.15, 0.2) is 48.5 Å². The molecule has 0 spiro atoms. The number of morpholine rings is 1. The summed E-state index contributed by atoms with van der Waals surface area (Å²) in [7, 11) is 1.58. The molecule has 2 amide bonds. The van der Waals surface area contributed by atoms with E-state index >= 15 is 0 Å². The Labute approximate surface area is 213 Å². The highest BCUT2D eigenvalue weighted by atomic mass is 16.5. The van der Waals surface area contributed by atoms with Gasteiger partial charge in [0, 0.05) is 50.0 Å². The number of piperidine rings is 1. The summed E-state index contributed by atoms with van der Waals surface area (Å²) in [6, 6.07) is 14.1. The summed E-state index contributed by atoms with van der Waals surface area (Å²) in [5, 5.41) is 2.78. The maximum Gasteiger partial charge on any atom is 0.262 e. The van der Waals surface area contributed by atoms with Crippen molar-refractivity contribution in [2.75, 3.05) is 51.8 Å². The molecule has 2 saturated heterocycles. The van der Waals surface area contributed by atoms with Gasteiger partial charge in [-0.05, 0) is 69.0 Å². The number of carbonyl (C=O) groups is 2. The van der Waals surface area contributed by atoms with Gasteiger partial charge < -0.3 is 24.4 Å². The molecule has 2 fully saturated rings. The van der Waals surface area contributed by atoms with Gasteiger partial charge in [0.25, 0.3) is 11.8 Å². The molecular formula is C28H37N3O5. The molecule has 0 aromatic heterocycles. The number of likely N-dealkylation sites (tertiary alicyclic amines) is 1. The Hall–Kier alpha value is -3.10. The van der Waals surface area contributed by atoms with Gasteiger partial charge in [0.05, 0.1) is 19.3 Å². The molecule has 2 atom stereocenters. The third-order valence-electron chi connectivity index (χ3n) is 6.74. The first kappa shape index (κ1) is 26.0. The van der Waals surface area contributed by atoms with Gasteiger partial charge in [0.1, 0.15) is 11.5 Å². The van der Waals surface area contributed by atoms with Crippen LogP contribution in [-0.2, 0) is 9.53 Å². The first-order valence-electron chi connectivity index (χ1n) is 12.7. The summed E-state index contributed by atoms with van der Waals surface area (Å²) in [6.07, 6.45) is 2.61. The predicted octanol–water partition coefficient (Wildman–Crippen LogP) is 3.67. The molecule has 4 rings (SSSR count). The average molecular weight is 496 g/mol. The van der Waals surface area contributed by atoms with Crippen LogP contribution in [0.4, 0.5) is 5.69 Å². The normalized spacial score (nSPS) is 21.1. The van der Waals surface area contributed by atoms with E-state index in [2.05, 4.69) is 24.1 Å². The molecule has 2 aliphatic heterocycles. The monoisotopic (exact) mass is 495 g/mol. The molecule has 36 heavy (non-hydrogen) atoms. The third-order valence-corrected chi connectivity index (χ3v) is 6.74. The lowest BCUT2D eigenvalue weighted by Gasteiger charge is -2.39. The number of methoxy groups -OCH3 is 1. The average Bonchev–Trinajstić information content (AvgIpc) is 2.87. The molecule has 2 heterocycles. The Balaban J connectivity index is 1.20. The van der Waals surface area contributed by atoms with Gasteiger partial charge in [-0.1, -0.05) is 6.07 Å². The number of hydrogen-bond donors (Lipinski definition) is 1. The molecule has 2 unspecified atom stereocenters. The number of rotatable bonds is 8. The molecule has 8 nitrogen and oxygen atoms in total. The topological polar surface area (TPSA) is 80.3 Å². The lowest BCUT2D eigenvalue weighted by molar-refractivity contribution is -0.118. The fourth-order valence-electron chi connectivity index (χ4n) is 5.04. The highest BCUT2D eigenvalue weighted by molar-refractivity contribution is 5.94. The fourth-order valence-corrected chi connectivity index (χ4v) is 5.04. The molecule has 0 radical (unpaired) electrons. The molecule has 2 aromatic carbocycles. The Morgan fingerprint density at radius 1 is 1.00 bits per heavy atom. The van der Waals surface area contributed by atoms with Crippen molar-refractivity contribution in [1.29, 1.82) is 0 Å². The van der Waals surface area contributed by atoms with Gasteiger partial charge in [0.15, 0.2) is 6.61 Å². The Morgan fingerprint density at radius 3 is 2.36 bits per heavy atom. The summed E-state index contributed by atoms with van der Waals surface area (Å²) in [6.45, 7) is 8.76. The van der Waals surface area contributed by atoms with Crippen LogP contribution < -0.4 is 14.8 Å². The SMILES string of the molecule is COc1cccc(NC(=O)COc2ccc(C(=O)N3CCC(CN4CC(C)OC(C)C4)CC3)cc2)c1. The maximum atomic E-state index is 13.0. The minimum atomic E-state index is -0.271. The van der Waals surface area contributed by atoms with Crippen LogP contribution in [-0.4, -0.2) is 80.3 Å². The van der Waals surface area contributed by atoms with Crippen LogP contribution in [0.5, 0.6) is 11.5 Å². The van der Waals surface area contributed by atoms with Crippen LogP contribution in [0.3, 0.4) is 0 Å². The third kappa shape index (κ3) is 7.21. The zero-order valence-corrected chi connectivity index (χ0v) is 21.4. The Bertz CT molecular complexity index is 1010. The minimum absolute atomic E-state index is 0.0457. The van der Waals surface area contributed by atoms with E-state index in [1.807, 2.05) is 11.0 Å². The molecular weight excluding hydrogens is 458 g/mol. The van der Waals surface area contributed by atoms with Crippen molar-refractivity contribution in [1.82, 2.24) is 9.80 Å². The van der Waals surface area contributed by atoms with E-state index in [1.54, 1.807) is 49.6 Å². The van der Waals surface area contributed by atoms with Crippen LogP contribution >= 0.6 is 0 Å². The molecule has 0 saturated carbocycles. The second-order valence-corrected chi connectivity index (χ2v) is 9.80. The van der Waals surface area contributed by atoms with Gasteiger partial charge in [0.2, 0.25) is 0 Å². The molecule has 8 heteroatoms. The van der Waals surface area contributed by atoms with Crippen molar-refractivity contribution in [3.63, 3.8) is 0 Å². The van der Waals surface area contributed by atoms with Crippen molar-refractivity contribution in [2.45, 2.75) is 38.9 Å². The summed E-state index contributed by atoms with van der Waals surface area (Å²) >= 11 is 0. The summed E-state index contributed by atoms with van der Waals surface area (Å²) in [5.74, 6) is 1.60. The number of nitrogens with zero attached hydrogens (tertiary/aromatic N) is 2. The molecule has 0 aliphatic carbocycles. The van der Waals surface area contributed by atoms with Crippen molar-refractivity contribution in [2.24, 2.45) is 5.92 Å². The van der Waals surface area contributed by atoms with Crippen LogP contribution in [0, 0.1) is 5.92 Å². The quantitative estimate of drug-likeness (QED) is 0.602. The van der Waals surface area contributed by atoms with E-state index in [-0.39, 0.29) is 30.6 Å². The van der Waals surface area contributed by atoms with Gasteiger partial charge in [-0.3, -0.25) is 14.5 Å². The van der Waals surface area contributed by atoms with E-state index in [9.17, 15) is 9.59 Å². The van der Waals surface area contributed by atoms with E-state index in [0.717, 1.165) is 45.6 Å². The number of benzene rings is 2. The molecule has 2 aliphatic rings. The first-order chi connectivity index (χ1) is 17.4. The van der Waals surface area contributed by atoms with Gasteiger partial charge in [-0.2, -0.15) is 0 Å². The van der Waals surface area contributed by atoms with Gasteiger partial charge >= 0.3 is 0 Å². The number of hydrogen-bond acceptors (Lipinski definition) is 6. The molecule has 194 valence electrons. The second kappa shape index (κ2) is 12.2. The van der Waals surface area contributed by atoms with Crippen molar-refractivity contribution in [3.05, 3.63) is 54.1 Å². The van der Waals surface area contributed by atoms with E-state index in [4.69, 9.17) is 14.2 Å². The summed E-state index contributed by atoms with van der Waals surface area (Å²) in [5.41, 5.74) is 1.28.